The zero-order chi connectivity index (χ0) is 20.9. The number of hydrogen-bond acceptors (Lipinski definition) is 4. The van der Waals surface area contributed by atoms with Gasteiger partial charge in [0.05, 0.1) is 0 Å². The van der Waals surface area contributed by atoms with Crippen molar-refractivity contribution in [3.8, 4) is 21.8 Å². The Hall–Kier alpha value is -3.76. The second kappa shape index (κ2) is 8.94. The molecule has 0 atom stereocenters. The van der Waals surface area contributed by atoms with Crippen molar-refractivity contribution in [2.75, 3.05) is 4.90 Å². The van der Waals surface area contributed by atoms with Crippen LogP contribution in [0.2, 0.25) is 0 Å². The van der Waals surface area contributed by atoms with Crippen molar-refractivity contribution in [3.05, 3.63) is 121 Å². The fraction of sp³-hybridized carbons (Fsp3) is 0.0370. The molecule has 4 heteroatoms. The number of para-hydroxylation sites is 1. The molecule has 5 aromatic rings. The van der Waals surface area contributed by atoms with E-state index in [1.165, 1.54) is 5.56 Å². The number of hydrogen-bond donors (Lipinski definition) is 0. The van der Waals surface area contributed by atoms with Crippen LogP contribution in [0.25, 0.3) is 21.8 Å². The maximum atomic E-state index is 5.09. The van der Waals surface area contributed by atoms with E-state index >= 15 is 0 Å². The molecule has 0 N–H and O–H groups in total. The fourth-order valence-electron chi connectivity index (χ4n) is 3.55. The lowest BCUT2D eigenvalue weighted by Crippen LogP contribution is -2.16. The zero-order valence-corrected chi connectivity index (χ0v) is 17.7. The van der Waals surface area contributed by atoms with Crippen molar-refractivity contribution >= 4 is 22.0 Å². The Bertz CT molecular complexity index is 1240. The van der Waals surface area contributed by atoms with Gasteiger partial charge in [-0.2, -0.15) is 0 Å². The molecule has 0 amide bonds. The maximum absolute atomic E-state index is 5.09. The van der Waals surface area contributed by atoms with Crippen molar-refractivity contribution < 1.29 is 0 Å². The molecule has 0 radical (unpaired) electrons. The Morgan fingerprint density at radius 1 is 0.645 bits per heavy atom. The molecule has 0 aliphatic carbocycles. The smallest absolute Gasteiger partial charge is 0.126 e. The molecular weight excluding hydrogens is 398 g/mol. The summed E-state index contributed by atoms with van der Waals surface area (Å²) in [4.78, 5) is 11.6. The van der Waals surface area contributed by atoms with E-state index in [4.69, 9.17) is 4.98 Å². The molecule has 0 aliphatic heterocycles. The van der Waals surface area contributed by atoms with Gasteiger partial charge in [-0.15, -0.1) is 0 Å². The summed E-state index contributed by atoms with van der Waals surface area (Å²) in [5.74, 6) is 0. The van der Waals surface area contributed by atoms with Crippen molar-refractivity contribution in [1.29, 1.82) is 0 Å². The van der Waals surface area contributed by atoms with Gasteiger partial charge < -0.3 is 4.90 Å². The van der Waals surface area contributed by atoms with Crippen LogP contribution in [0.3, 0.4) is 0 Å². The summed E-state index contributed by atoms with van der Waals surface area (Å²) in [6, 6.07) is 35.6. The highest BCUT2D eigenvalue weighted by atomic mass is 32.1. The van der Waals surface area contributed by atoms with Crippen LogP contribution >= 0.6 is 11.3 Å². The Morgan fingerprint density at radius 2 is 1.26 bits per heavy atom. The number of aromatic nitrogens is 2. The highest BCUT2D eigenvalue weighted by molar-refractivity contribution is 7.19. The number of benzene rings is 3. The van der Waals surface area contributed by atoms with Gasteiger partial charge in [-0.05, 0) is 29.8 Å². The first-order valence-electron chi connectivity index (χ1n) is 10.2. The summed E-state index contributed by atoms with van der Waals surface area (Å²) in [6.45, 7) is 0.767. The van der Waals surface area contributed by atoms with Gasteiger partial charge in [-0.25, -0.2) is 4.98 Å². The first-order chi connectivity index (χ1) is 15.4. The molecule has 3 nitrogen and oxygen atoms in total. The minimum atomic E-state index is 0.767. The van der Waals surface area contributed by atoms with Gasteiger partial charge in [0.25, 0.3) is 0 Å². The molecule has 5 rings (SSSR count). The lowest BCUT2D eigenvalue weighted by atomic mass is 10.1. The summed E-state index contributed by atoms with van der Waals surface area (Å²) in [7, 11) is 0. The van der Waals surface area contributed by atoms with Crippen LogP contribution < -0.4 is 4.90 Å². The van der Waals surface area contributed by atoms with Gasteiger partial charge >= 0.3 is 0 Å². The molecule has 0 spiro atoms. The molecule has 0 saturated carbocycles. The SMILES string of the molecule is c1ccc(CN(c2ccccc2)c2sc(-c3ccncc3)nc2-c2ccccc2)cc1. The second-order valence-corrected chi connectivity index (χ2v) is 8.16. The van der Waals surface area contributed by atoms with Crippen LogP contribution in [0, 0.1) is 0 Å². The summed E-state index contributed by atoms with van der Waals surface area (Å²) in [5.41, 5.74) is 5.59. The molecule has 2 heterocycles. The van der Waals surface area contributed by atoms with Crippen LogP contribution in [0.4, 0.5) is 10.7 Å². The number of nitrogens with zero attached hydrogens (tertiary/aromatic N) is 3. The predicted molar refractivity (Wildman–Crippen MR) is 130 cm³/mol. The highest BCUT2D eigenvalue weighted by Crippen LogP contribution is 2.43. The molecule has 0 bridgehead atoms. The minimum Gasteiger partial charge on any atom is -0.327 e. The highest BCUT2D eigenvalue weighted by Gasteiger charge is 2.21. The Kier molecular flexibility index (Phi) is 5.54. The monoisotopic (exact) mass is 419 g/mol. The number of pyridine rings is 1. The van der Waals surface area contributed by atoms with Crippen LogP contribution in [0.1, 0.15) is 5.56 Å². The standard InChI is InChI=1S/C27H21N3S/c1-4-10-21(11-5-1)20-30(24-14-8-3-9-15-24)27-25(22-12-6-2-7-13-22)29-26(31-27)23-16-18-28-19-17-23/h1-19H,20H2. The minimum absolute atomic E-state index is 0.767. The van der Waals surface area contributed by atoms with Gasteiger partial charge in [0.15, 0.2) is 0 Å². The third kappa shape index (κ3) is 4.25. The van der Waals surface area contributed by atoms with Crippen LogP contribution in [-0.4, -0.2) is 9.97 Å². The van der Waals surface area contributed by atoms with E-state index in [0.29, 0.717) is 0 Å². The largest absolute Gasteiger partial charge is 0.327 e. The fourth-order valence-corrected chi connectivity index (χ4v) is 4.67. The van der Waals surface area contributed by atoms with E-state index in [9.17, 15) is 0 Å². The third-order valence-corrected chi connectivity index (χ3v) is 6.21. The van der Waals surface area contributed by atoms with Crippen LogP contribution in [0.15, 0.2) is 116 Å². The maximum Gasteiger partial charge on any atom is 0.126 e. The Morgan fingerprint density at radius 3 is 1.94 bits per heavy atom. The lowest BCUT2D eigenvalue weighted by Gasteiger charge is -2.24. The molecule has 2 aromatic heterocycles. The van der Waals surface area contributed by atoms with Gasteiger partial charge in [0.2, 0.25) is 0 Å². The number of rotatable bonds is 6. The van der Waals surface area contributed by atoms with E-state index in [1.807, 2.05) is 30.6 Å². The van der Waals surface area contributed by atoms with E-state index in [2.05, 4.69) is 94.8 Å². The van der Waals surface area contributed by atoms with Gasteiger partial charge in [-0.3, -0.25) is 4.98 Å². The second-order valence-electron chi connectivity index (χ2n) is 7.18. The van der Waals surface area contributed by atoms with E-state index in [-0.39, 0.29) is 0 Å². The summed E-state index contributed by atoms with van der Waals surface area (Å²) < 4.78 is 0. The van der Waals surface area contributed by atoms with E-state index < -0.39 is 0 Å². The van der Waals surface area contributed by atoms with Crippen LogP contribution in [0.5, 0.6) is 0 Å². The summed E-state index contributed by atoms with van der Waals surface area (Å²) in [5, 5.41) is 2.12. The van der Waals surface area contributed by atoms with Crippen molar-refractivity contribution in [2.24, 2.45) is 0 Å². The van der Waals surface area contributed by atoms with Crippen molar-refractivity contribution in [1.82, 2.24) is 9.97 Å². The quantitative estimate of drug-likeness (QED) is 0.291. The molecule has 3 aromatic carbocycles. The first-order valence-corrected chi connectivity index (χ1v) is 11.0. The number of thiazole rings is 1. The predicted octanol–water partition coefficient (Wildman–Crippen LogP) is 7.21. The van der Waals surface area contributed by atoms with Gasteiger partial charge in [-0.1, -0.05) is 90.2 Å². The molecule has 0 fully saturated rings. The first kappa shape index (κ1) is 19.2. The Labute approximate surface area is 186 Å². The molecule has 0 saturated heterocycles. The molecule has 0 aliphatic rings. The van der Waals surface area contributed by atoms with Crippen LogP contribution in [-0.2, 0) is 6.54 Å². The molecular formula is C27H21N3S. The normalized spacial score (nSPS) is 10.7. The molecule has 31 heavy (non-hydrogen) atoms. The molecule has 150 valence electrons. The van der Waals surface area contributed by atoms with Crippen molar-refractivity contribution in [2.45, 2.75) is 6.54 Å². The van der Waals surface area contributed by atoms with E-state index in [0.717, 1.165) is 39.1 Å². The Balaban J connectivity index is 1.68. The molecule has 0 unspecified atom stereocenters. The van der Waals surface area contributed by atoms with Gasteiger partial charge in [0, 0.05) is 35.8 Å². The van der Waals surface area contributed by atoms with Crippen molar-refractivity contribution in [3.63, 3.8) is 0 Å². The lowest BCUT2D eigenvalue weighted by molar-refractivity contribution is 0.986. The average Bonchev–Trinajstić information content (AvgIpc) is 3.30. The van der Waals surface area contributed by atoms with E-state index in [1.54, 1.807) is 11.3 Å². The van der Waals surface area contributed by atoms with Gasteiger partial charge in [0.1, 0.15) is 15.7 Å². The summed E-state index contributed by atoms with van der Waals surface area (Å²) in [6.07, 6.45) is 3.63. The zero-order valence-electron chi connectivity index (χ0n) is 16.9. The topological polar surface area (TPSA) is 29.0 Å². The summed E-state index contributed by atoms with van der Waals surface area (Å²) >= 11 is 1.72. The third-order valence-electron chi connectivity index (χ3n) is 5.08. The number of anilines is 2. The average molecular weight is 420 g/mol.